The van der Waals surface area contributed by atoms with Crippen molar-refractivity contribution in [2.45, 2.75) is 37.5 Å². The standard InChI is InChI=1S/C52H36N4O/c53-32-33-16-25-45-44(28-33)41-23-21-39(30-46(41)52(45)26-7-2-8-27-52)38-13-9-12-37(29-38)34-17-19-36(20-18-34)50-54-49(35-10-3-1-4-11-35)55-51(56-50)40-22-24-43-42-14-5-6-15-47(42)57-48(43)31-40/h1,3-6,9-25,28-31H,2,7-8,26-27H2. The molecule has 2 aromatic heterocycles. The van der Waals surface area contributed by atoms with E-state index in [1.807, 2.05) is 60.7 Å². The molecule has 2 aliphatic carbocycles. The molecular weight excluding hydrogens is 697 g/mol. The van der Waals surface area contributed by atoms with Crippen molar-refractivity contribution in [1.29, 1.82) is 5.26 Å². The smallest absolute Gasteiger partial charge is 0.164 e. The number of benzene rings is 7. The van der Waals surface area contributed by atoms with E-state index in [4.69, 9.17) is 19.4 Å². The third-order valence-corrected chi connectivity index (χ3v) is 12.2. The van der Waals surface area contributed by atoms with Crippen molar-refractivity contribution in [2.75, 3.05) is 0 Å². The maximum atomic E-state index is 9.70. The molecule has 0 atom stereocenters. The van der Waals surface area contributed by atoms with Crippen molar-refractivity contribution in [3.8, 4) is 73.6 Å². The molecule has 0 saturated heterocycles. The molecule has 0 amide bonds. The summed E-state index contributed by atoms with van der Waals surface area (Å²) in [5.74, 6) is 1.83. The van der Waals surface area contributed by atoms with E-state index in [0.717, 1.165) is 68.2 Å². The number of furan rings is 1. The summed E-state index contributed by atoms with van der Waals surface area (Å²) in [6.45, 7) is 0. The van der Waals surface area contributed by atoms with E-state index in [9.17, 15) is 5.26 Å². The molecule has 0 radical (unpaired) electrons. The fourth-order valence-corrected chi connectivity index (χ4v) is 9.35. The molecular formula is C52H36N4O. The molecule has 2 aliphatic rings. The lowest BCUT2D eigenvalue weighted by Crippen LogP contribution is -2.28. The SMILES string of the molecule is N#Cc1ccc2c(c1)-c1ccc(-c3cccc(-c4ccc(-c5nc(-c6ccccc6)nc(-c6ccc7c(c6)oc6ccccc67)n5)cc4)c3)cc1C21CCCCC1. The summed E-state index contributed by atoms with van der Waals surface area (Å²) in [7, 11) is 0. The average molecular weight is 733 g/mol. The Morgan fingerprint density at radius 2 is 1.05 bits per heavy atom. The van der Waals surface area contributed by atoms with Gasteiger partial charge in [-0.2, -0.15) is 5.26 Å². The number of nitrogens with zero attached hydrogens (tertiary/aromatic N) is 4. The zero-order valence-corrected chi connectivity index (χ0v) is 31.2. The van der Waals surface area contributed by atoms with Crippen molar-refractivity contribution in [1.82, 2.24) is 15.0 Å². The van der Waals surface area contributed by atoms with Crippen LogP contribution in [0.2, 0.25) is 0 Å². The Morgan fingerprint density at radius 1 is 0.439 bits per heavy atom. The lowest BCUT2D eigenvalue weighted by atomic mass is 9.67. The number of nitriles is 1. The number of aromatic nitrogens is 3. The quantitative estimate of drug-likeness (QED) is 0.176. The maximum absolute atomic E-state index is 9.70. The Hall–Kier alpha value is -7.16. The summed E-state index contributed by atoms with van der Waals surface area (Å²) >= 11 is 0. The largest absolute Gasteiger partial charge is 0.456 e. The van der Waals surface area contributed by atoms with Gasteiger partial charge in [-0.3, -0.25) is 0 Å². The van der Waals surface area contributed by atoms with E-state index >= 15 is 0 Å². The first kappa shape index (κ1) is 33.2. The van der Waals surface area contributed by atoms with Crippen molar-refractivity contribution < 1.29 is 4.42 Å². The minimum absolute atomic E-state index is 0.0236. The van der Waals surface area contributed by atoms with Crippen molar-refractivity contribution in [2.24, 2.45) is 0 Å². The van der Waals surface area contributed by atoms with Crippen molar-refractivity contribution in [3.63, 3.8) is 0 Å². The molecule has 57 heavy (non-hydrogen) atoms. The van der Waals surface area contributed by atoms with Crippen LogP contribution in [0, 0.1) is 11.3 Å². The fourth-order valence-electron chi connectivity index (χ4n) is 9.35. The van der Waals surface area contributed by atoms with Gasteiger partial charge in [-0.25, -0.2) is 15.0 Å². The molecule has 0 bridgehead atoms. The van der Waals surface area contributed by atoms with Gasteiger partial charge in [0.15, 0.2) is 17.5 Å². The highest BCUT2D eigenvalue weighted by Gasteiger charge is 2.43. The van der Waals surface area contributed by atoms with Gasteiger partial charge in [0.05, 0.1) is 11.6 Å². The second-order valence-corrected chi connectivity index (χ2v) is 15.4. The van der Waals surface area contributed by atoms with Crippen LogP contribution in [0.3, 0.4) is 0 Å². The zero-order valence-electron chi connectivity index (χ0n) is 31.2. The fraction of sp³-hybridized carbons (Fsp3) is 0.115. The summed E-state index contributed by atoms with van der Waals surface area (Å²) < 4.78 is 6.22. The number of fused-ring (bicyclic) bond motifs is 8. The molecule has 1 saturated carbocycles. The molecule has 1 fully saturated rings. The monoisotopic (exact) mass is 732 g/mol. The van der Waals surface area contributed by atoms with Gasteiger partial charge in [-0.05, 0) is 99.8 Å². The van der Waals surface area contributed by atoms with Crippen molar-refractivity contribution >= 4 is 21.9 Å². The number of hydrogen-bond acceptors (Lipinski definition) is 5. The topological polar surface area (TPSA) is 75.6 Å². The second-order valence-electron chi connectivity index (χ2n) is 15.4. The Labute approximate surface area is 331 Å². The zero-order chi connectivity index (χ0) is 37.9. The Bertz CT molecular complexity index is 3060. The highest BCUT2D eigenvalue weighted by Crippen LogP contribution is 2.56. The molecule has 7 aromatic carbocycles. The first-order valence-electron chi connectivity index (χ1n) is 19.8. The van der Waals surface area contributed by atoms with E-state index in [-0.39, 0.29) is 5.41 Å². The summed E-state index contributed by atoms with van der Waals surface area (Å²) in [5.41, 5.74) is 15.1. The summed E-state index contributed by atoms with van der Waals surface area (Å²) in [6, 6.07) is 57.4. The van der Waals surface area contributed by atoms with Crippen LogP contribution in [0.4, 0.5) is 0 Å². The van der Waals surface area contributed by atoms with E-state index in [2.05, 4.69) is 103 Å². The van der Waals surface area contributed by atoms with Crippen LogP contribution in [0.25, 0.3) is 89.5 Å². The normalized spacial score (nSPS) is 14.1. The van der Waals surface area contributed by atoms with E-state index in [1.54, 1.807) is 0 Å². The molecule has 5 heteroatoms. The van der Waals surface area contributed by atoms with Gasteiger partial charge in [-0.1, -0.05) is 135 Å². The minimum atomic E-state index is 0.0236. The van der Waals surface area contributed by atoms with E-state index in [1.165, 1.54) is 52.6 Å². The Morgan fingerprint density at radius 3 is 1.84 bits per heavy atom. The van der Waals surface area contributed by atoms with Crippen LogP contribution in [0.15, 0.2) is 162 Å². The average Bonchev–Trinajstić information content (AvgIpc) is 3.78. The Balaban J connectivity index is 0.942. The second kappa shape index (κ2) is 13.3. The molecule has 9 aromatic rings. The number of para-hydroxylation sites is 1. The first-order chi connectivity index (χ1) is 28.1. The highest BCUT2D eigenvalue weighted by molar-refractivity contribution is 6.05. The molecule has 0 N–H and O–H groups in total. The van der Waals surface area contributed by atoms with Crippen LogP contribution in [0.1, 0.15) is 48.8 Å². The van der Waals surface area contributed by atoms with Crippen LogP contribution in [0.5, 0.6) is 0 Å². The van der Waals surface area contributed by atoms with Crippen LogP contribution < -0.4 is 0 Å². The third kappa shape index (κ3) is 5.56. The van der Waals surface area contributed by atoms with Crippen LogP contribution >= 0.6 is 0 Å². The molecule has 0 aliphatic heterocycles. The first-order valence-corrected chi connectivity index (χ1v) is 19.8. The van der Waals surface area contributed by atoms with Crippen LogP contribution in [-0.4, -0.2) is 15.0 Å². The number of hydrogen-bond donors (Lipinski definition) is 0. The van der Waals surface area contributed by atoms with Crippen molar-refractivity contribution in [3.05, 3.63) is 174 Å². The lowest BCUT2D eigenvalue weighted by Gasteiger charge is -2.36. The van der Waals surface area contributed by atoms with Gasteiger partial charge < -0.3 is 4.42 Å². The van der Waals surface area contributed by atoms with Crippen LogP contribution in [-0.2, 0) is 5.41 Å². The van der Waals surface area contributed by atoms with E-state index in [0.29, 0.717) is 17.5 Å². The lowest BCUT2D eigenvalue weighted by molar-refractivity contribution is 0.353. The maximum Gasteiger partial charge on any atom is 0.164 e. The van der Waals surface area contributed by atoms with Gasteiger partial charge in [-0.15, -0.1) is 0 Å². The molecule has 2 heterocycles. The molecule has 270 valence electrons. The van der Waals surface area contributed by atoms with Gasteiger partial charge in [0.2, 0.25) is 0 Å². The summed E-state index contributed by atoms with van der Waals surface area (Å²) in [6.07, 6.45) is 6.05. The minimum Gasteiger partial charge on any atom is -0.456 e. The highest BCUT2D eigenvalue weighted by atomic mass is 16.3. The molecule has 0 unspecified atom stereocenters. The molecule has 1 spiro atoms. The van der Waals surface area contributed by atoms with Gasteiger partial charge in [0, 0.05) is 32.9 Å². The predicted molar refractivity (Wildman–Crippen MR) is 228 cm³/mol. The molecule has 11 rings (SSSR count). The summed E-state index contributed by atoms with van der Waals surface area (Å²) in [4.78, 5) is 15.0. The predicted octanol–water partition coefficient (Wildman–Crippen LogP) is 13.2. The summed E-state index contributed by atoms with van der Waals surface area (Å²) in [5, 5.41) is 11.9. The van der Waals surface area contributed by atoms with Gasteiger partial charge in [0.1, 0.15) is 11.2 Å². The number of rotatable bonds is 5. The molecule has 5 nitrogen and oxygen atoms in total. The van der Waals surface area contributed by atoms with E-state index < -0.39 is 0 Å². The Kier molecular flexibility index (Phi) is 7.72. The van der Waals surface area contributed by atoms with Gasteiger partial charge in [0.25, 0.3) is 0 Å². The third-order valence-electron chi connectivity index (χ3n) is 12.2. The van der Waals surface area contributed by atoms with Gasteiger partial charge >= 0.3 is 0 Å².